The van der Waals surface area contributed by atoms with Crippen molar-refractivity contribution < 1.29 is 14.3 Å². The standard InChI is InChI=1S/C29H42N2O3/c1-3-5-6-7-8-9-10-13-16-28(32)34-27-23-30-29(31-24-27)26-19-17-25(18-20-26)15-12-11-14-22-33-21-4-2/h9-10,17-20,23-24H,3-8,11-16,21-22H2,1-2H3/b10-9+. The third-order valence-electron chi connectivity index (χ3n) is 5.58. The fraction of sp³-hybridized carbons (Fsp3) is 0.552. The summed E-state index contributed by atoms with van der Waals surface area (Å²) in [7, 11) is 0. The molecule has 5 nitrogen and oxygen atoms in total. The topological polar surface area (TPSA) is 61.3 Å². The molecule has 0 aliphatic carbocycles. The van der Waals surface area contributed by atoms with Crippen LogP contribution in [0.2, 0.25) is 0 Å². The van der Waals surface area contributed by atoms with Crippen LogP contribution in [0.5, 0.6) is 5.75 Å². The van der Waals surface area contributed by atoms with Crippen molar-refractivity contribution in [3.63, 3.8) is 0 Å². The van der Waals surface area contributed by atoms with Crippen molar-refractivity contribution in [3.05, 3.63) is 54.4 Å². The summed E-state index contributed by atoms with van der Waals surface area (Å²) < 4.78 is 10.9. The molecule has 0 radical (unpaired) electrons. The molecule has 186 valence electrons. The van der Waals surface area contributed by atoms with E-state index in [2.05, 4.69) is 60.2 Å². The number of esters is 1. The van der Waals surface area contributed by atoms with E-state index in [1.165, 1.54) is 44.1 Å². The van der Waals surface area contributed by atoms with Crippen molar-refractivity contribution in [1.82, 2.24) is 9.97 Å². The van der Waals surface area contributed by atoms with E-state index >= 15 is 0 Å². The minimum Gasteiger partial charge on any atom is -0.423 e. The number of aromatic nitrogens is 2. The summed E-state index contributed by atoms with van der Waals surface area (Å²) in [6, 6.07) is 8.37. The maximum Gasteiger partial charge on any atom is 0.311 e. The van der Waals surface area contributed by atoms with Crippen LogP contribution in [0.3, 0.4) is 0 Å². The molecule has 34 heavy (non-hydrogen) atoms. The highest BCUT2D eigenvalue weighted by Gasteiger charge is 2.07. The molecule has 2 aromatic rings. The number of nitrogens with zero attached hydrogens (tertiary/aromatic N) is 2. The Balaban J connectivity index is 1.67. The summed E-state index contributed by atoms with van der Waals surface area (Å²) in [5, 5.41) is 0. The van der Waals surface area contributed by atoms with E-state index in [1.807, 2.05) is 0 Å². The Bertz CT molecular complexity index is 816. The molecule has 0 bridgehead atoms. The number of rotatable bonds is 18. The molecule has 1 heterocycles. The Kier molecular flexibility index (Phi) is 14.6. The van der Waals surface area contributed by atoms with Crippen molar-refractivity contribution >= 4 is 5.97 Å². The van der Waals surface area contributed by atoms with Gasteiger partial charge >= 0.3 is 5.97 Å². The van der Waals surface area contributed by atoms with Crippen molar-refractivity contribution in [2.45, 2.75) is 90.9 Å². The van der Waals surface area contributed by atoms with Crippen LogP contribution in [-0.4, -0.2) is 29.2 Å². The van der Waals surface area contributed by atoms with Gasteiger partial charge in [-0.15, -0.1) is 0 Å². The van der Waals surface area contributed by atoms with E-state index in [9.17, 15) is 4.79 Å². The molecule has 0 spiro atoms. The van der Waals surface area contributed by atoms with Crippen LogP contribution in [0.4, 0.5) is 0 Å². The number of allylic oxidation sites excluding steroid dienone is 2. The van der Waals surface area contributed by atoms with E-state index in [0.29, 0.717) is 24.4 Å². The second kappa shape index (κ2) is 17.9. The van der Waals surface area contributed by atoms with Gasteiger partial charge < -0.3 is 9.47 Å². The Morgan fingerprint density at radius 1 is 0.824 bits per heavy atom. The smallest absolute Gasteiger partial charge is 0.311 e. The third kappa shape index (κ3) is 12.1. The minimum atomic E-state index is -0.256. The number of carbonyl (C=O) groups excluding carboxylic acids is 1. The summed E-state index contributed by atoms with van der Waals surface area (Å²) in [6.07, 6.45) is 20.2. The molecule has 0 aliphatic heterocycles. The van der Waals surface area contributed by atoms with Gasteiger partial charge in [-0.05, 0) is 50.5 Å². The zero-order chi connectivity index (χ0) is 24.3. The van der Waals surface area contributed by atoms with Gasteiger partial charge in [-0.3, -0.25) is 4.79 Å². The molecule has 0 saturated carbocycles. The predicted molar refractivity (Wildman–Crippen MR) is 139 cm³/mol. The number of aryl methyl sites for hydroxylation is 1. The molecule has 0 unspecified atom stereocenters. The lowest BCUT2D eigenvalue weighted by atomic mass is 10.0. The number of hydrogen-bond acceptors (Lipinski definition) is 5. The van der Waals surface area contributed by atoms with E-state index in [1.54, 1.807) is 12.4 Å². The molecule has 1 aromatic heterocycles. The molecule has 0 N–H and O–H groups in total. The zero-order valence-corrected chi connectivity index (χ0v) is 21.1. The largest absolute Gasteiger partial charge is 0.423 e. The number of benzene rings is 1. The van der Waals surface area contributed by atoms with Crippen molar-refractivity contribution in [3.8, 4) is 17.1 Å². The number of ether oxygens (including phenoxy) is 2. The molecular formula is C29H42N2O3. The zero-order valence-electron chi connectivity index (χ0n) is 21.1. The second-order valence-corrected chi connectivity index (χ2v) is 8.70. The molecule has 0 saturated heterocycles. The third-order valence-corrected chi connectivity index (χ3v) is 5.58. The molecule has 0 fully saturated rings. The average molecular weight is 467 g/mol. The Labute approximate surface area is 206 Å². The highest BCUT2D eigenvalue weighted by atomic mass is 16.5. The van der Waals surface area contributed by atoms with E-state index in [-0.39, 0.29) is 5.97 Å². The van der Waals surface area contributed by atoms with E-state index in [0.717, 1.165) is 44.5 Å². The quantitative estimate of drug-likeness (QED) is 0.129. The molecule has 0 atom stereocenters. The molecule has 2 rings (SSSR count). The minimum absolute atomic E-state index is 0.256. The summed E-state index contributed by atoms with van der Waals surface area (Å²) in [5.74, 6) is 0.760. The predicted octanol–water partition coefficient (Wildman–Crippen LogP) is 7.50. The maximum atomic E-state index is 12.0. The van der Waals surface area contributed by atoms with Crippen LogP contribution >= 0.6 is 0 Å². The molecule has 5 heteroatoms. The average Bonchev–Trinajstić information content (AvgIpc) is 2.86. The summed E-state index contributed by atoms with van der Waals surface area (Å²) in [5.41, 5.74) is 2.28. The van der Waals surface area contributed by atoms with Gasteiger partial charge in [-0.25, -0.2) is 9.97 Å². The van der Waals surface area contributed by atoms with Crippen LogP contribution in [0.1, 0.15) is 90.0 Å². The highest BCUT2D eigenvalue weighted by molar-refractivity contribution is 5.72. The number of carbonyl (C=O) groups is 1. The van der Waals surface area contributed by atoms with Gasteiger partial charge in [-0.2, -0.15) is 0 Å². The van der Waals surface area contributed by atoms with E-state index in [4.69, 9.17) is 9.47 Å². The van der Waals surface area contributed by atoms with Crippen LogP contribution < -0.4 is 4.74 Å². The number of hydrogen-bond donors (Lipinski definition) is 0. The SMILES string of the molecule is CCCCCC/C=C/CCC(=O)Oc1cnc(-c2ccc(CCCCCOCCC)cc2)nc1. The normalized spacial score (nSPS) is 11.2. The highest BCUT2D eigenvalue weighted by Crippen LogP contribution is 2.19. The first-order valence-corrected chi connectivity index (χ1v) is 13.1. The molecular weight excluding hydrogens is 424 g/mol. The molecule has 1 aromatic carbocycles. The van der Waals surface area contributed by atoms with Crippen molar-refractivity contribution in [2.24, 2.45) is 0 Å². The molecule has 0 aliphatic rings. The fourth-order valence-corrected chi connectivity index (χ4v) is 3.60. The fourth-order valence-electron chi connectivity index (χ4n) is 3.60. The lowest BCUT2D eigenvalue weighted by molar-refractivity contribution is -0.134. The lowest BCUT2D eigenvalue weighted by Gasteiger charge is -2.06. The van der Waals surface area contributed by atoms with Crippen LogP contribution in [0.25, 0.3) is 11.4 Å². The van der Waals surface area contributed by atoms with Gasteiger partial charge in [0.25, 0.3) is 0 Å². The summed E-state index contributed by atoms with van der Waals surface area (Å²) in [4.78, 5) is 20.8. The van der Waals surface area contributed by atoms with Crippen LogP contribution in [0.15, 0.2) is 48.8 Å². The Morgan fingerprint density at radius 2 is 1.56 bits per heavy atom. The van der Waals surface area contributed by atoms with Gasteiger partial charge in [0.1, 0.15) is 0 Å². The first-order chi connectivity index (χ1) is 16.7. The van der Waals surface area contributed by atoms with Crippen molar-refractivity contribution in [1.29, 1.82) is 0 Å². The monoisotopic (exact) mass is 466 g/mol. The Morgan fingerprint density at radius 3 is 2.29 bits per heavy atom. The van der Waals surface area contributed by atoms with Crippen LogP contribution in [0, 0.1) is 0 Å². The van der Waals surface area contributed by atoms with Gasteiger partial charge in [-0.1, -0.05) is 75.9 Å². The summed E-state index contributed by atoms with van der Waals surface area (Å²) >= 11 is 0. The van der Waals surface area contributed by atoms with E-state index < -0.39 is 0 Å². The first kappa shape index (κ1) is 27.7. The molecule has 0 amide bonds. The second-order valence-electron chi connectivity index (χ2n) is 8.70. The maximum absolute atomic E-state index is 12.0. The Hall–Kier alpha value is -2.53. The van der Waals surface area contributed by atoms with Crippen LogP contribution in [-0.2, 0) is 16.0 Å². The van der Waals surface area contributed by atoms with Gasteiger partial charge in [0.2, 0.25) is 0 Å². The first-order valence-electron chi connectivity index (χ1n) is 13.1. The van der Waals surface area contributed by atoms with Gasteiger partial charge in [0, 0.05) is 25.2 Å². The van der Waals surface area contributed by atoms with Gasteiger partial charge in [0.15, 0.2) is 11.6 Å². The van der Waals surface area contributed by atoms with Crippen molar-refractivity contribution in [2.75, 3.05) is 13.2 Å². The summed E-state index contributed by atoms with van der Waals surface area (Å²) in [6.45, 7) is 6.08. The lowest BCUT2D eigenvalue weighted by Crippen LogP contribution is -2.07. The van der Waals surface area contributed by atoms with Gasteiger partial charge in [0.05, 0.1) is 12.4 Å². The number of unbranched alkanes of at least 4 members (excludes halogenated alkanes) is 6.